The van der Waals surface area contributed by atoms with Crippen LogP contribution in [0.1, 0.15) is 44.5 Å². The fourth-order valence-corrected chi connectivity index (χ4v) is 10.8. The van der Waals surface area contributed by atoms with Gasteiger partial charge in [-0.1, -0.05) is 157 Å². The van der Waals surface area contributed by atoms with Crippen molar-refractivity contribution in [3.05, 3.63) is 212 Å². The molecule has 0 nitrogen and oxygen atoms in total. The molecule has 0 radical (unpaired) electrons. The van der Waals surface area contributed by atoms with Gasteiger partial charge < -0.3 is 0 Å². The zero-order valence-corrected chi connectivity index (χ0v) is 28.3. The monoisotopic (exact) mass is 700 g/mol. The summed E-state index contributed by atoms with van der Waals surface area (Å²) < 4.78 is 1.13. The SMILES string of the molecule is Clc1ccc2c(c1)C(c1ccccc1)(c1ccccc1)c1cc3c(cc1-2)Sc1c(Br)cccc1C31c2ccccc2-c2ccccc21. The van der Waals surface area contributed by atoms with E-state index in [9.17, 15) is 0 Å². The molecule has 0 bridgehead atoms. The van der Waals surface area contributed by atoms with Crippen LogP contribution in [0.25, 0.3) is 22.3 Å². The second-order valence-corrected chi connectivity index (χ2v) is 15.0. The van der Waals surface area contributed by atoms with Crippen LogP contribution in [0.15, 0.2) is 172 Å². The topological polar surface area (TPSA) is 0 Å². The Kier molecular flexibility index (Phi) is 5.95. The van der Waals surface area contributed by atoms with Crippen molar-refractivity contribution in [2.75, 3.05) is 0 Å². The summed E-state index contributed by atoms with van der Waals surface area (Å²) in [7, 11) is 0. The van der Waals surface area contributed by atoms with E-state index in [1.54, 1.807) is 0 Å². The first kappa shape index (κ1) is 27.7. The maximum Gasteiger partial charge on any atom is 0.0735 e. The van der Waals surface area contributed by atoms with Crippen LogP contribution in [0, 0.1) is 0 Å². The van der Waals surface area contributed by atoms with Gasteiger partial charge in [-0.3, -0.25) is 0 Å². The van der Waals surface area contributed by atoms with Crippen molar-refractivity contribution in [2.45, 2.75) is 20.6 Å². The lowest BCUT2D eigenvalue weighted by Gasteiger charge is -2.41. The molecule has 222 valence electrons. The van der Waals surface area contributed by atoms with Crippen LogP contribution in [-0.2, 0) is 10.8 Å². The molecule has 47 heavy (non-hydrogen) atoms. The summed E-state index contributed by atoms with van der Waals surface area (Å²) in [5.74, 6) is 0. The van der Waals surface area contributed by atoms with E-state index in [1.165, 1.54) is 76.6 Å². The van der Waals surface area contributed by atoms with Gasteiger partial charge in [-0.25, -0.2) is 0 Å². The minimum atomic E-state index is -0.547. The van der Waals surface area contributed by atoms with Crippen LogP contribution in [0.2, 0.25) is 5.02 Å². The molecule has 1 spiro atoms. The highest BCUT2D eigenvalue weighted by Gasteiger charge is 2.53. The third kappa shape index (κ3) is 3.51. The molecule has 10 rings (SSSR count). The van der Waals surface area contributed by atoms with Gasteiger partial charge >= 0.3 is 0 Å². The Balaban J connectivity index is 1.40. The van der Waals surface area contributed by atoms with Crippen LogP contribution in [-0.4, -0.2) is 0 Å². The minimum Gasteiger partial charge on any atom is -0.0882 e. The fraction of sp³-hybridized carbons (Fsp3) is 0.0455. The van der Waals surface area contributed by atoms with E-state index in [4.69, 9.17) is 11.6 Å². The van der Waals surface area contributed by atoms with Crippen LogP contribution in [0.4, 0.5) is 0 Å². The molecule has 0 atom stereocenters. The number of hydrogen-bond acceptors (Lipinski definition) is 1. The standard InChI is InChI=1S/C44H26BrClS/c45-40-21-11-20-36-42(40)47-41-25-33-32-23-22-29(46)24-37(32)43(27-12-3-1-4-13-27,28-14-5-2-6-15-28)38(33)26-39(41)44(36)34-18-9-7-16-30(34)31-17-8-10-19-35(31)44/h1-26H. The quantitative estimate of drug-likeness (QED) is 0.173. The maximum atomic E-state index is 6.88. The average Bonchev–Trinajstić information content (AvgIpc) is 3.57. The Hall–Kier alpha value is -4.34. The second-order valence-electron chi connectivity index (χ2n) is 12.6. The van der Waals surface area contributed by atoms with Gasteiger partial charge in [-0.15, -0.1) is 0 Å². The fourth-order valence-electron chi connectivity index (χ4n) is 8.84. The third-order valence-electron chi connectivity index (χ3n) is 10.6. The van der Waals surface area contributed by atoms with Crippen LogP contribution < -0.4 is 0 Å². The van der Waals surface area contributed by atoms with Crippen LogP contribution in [0.3, 0.4) is 0 Å². The summed E-state index contributed by atoms with van der Waals surface area (Å²) in [6.07, 6.45) is 0. The molecule has 0 amide bonds. The molecule has 1 aliphatic heterocycles. The smallest absolute Gasteiger partial charge is 0.0735 e. The van der Waals surface area contributed by atoms with Crippen molar-refractivity contribution in [1.29, 1.82) is 0 Å². The molecular weight excluding hydrogens is 676 g/mol. The van der Waals surface area contributed by atoms with Gasteiger partial charge in [0.05, 0.1) is 10.8 Å². The Morgan fingerprint density at radius 1 is 0.426 bits per heavy atom. The van der Waals surface area contributed by atoms with E-state index in [0.29, 0.717) is 0 Å². The van der Waals surface area contributed by atoms with Crippen molar-refractivity contribution in [3.8, 4) is 22.3 Å². The van der Waals surface area contributed by atoms with Crippen molar-refractivity contribution < 1.29 is 0 Å². The summed E-state index contributed by atoms with van der Waals surface area (Å²) in [5.41, 5.74) is 14.4. The van der Waals surface area contributed by atoms with E-state index < -0.39 is 10.8 Å². The highest BCUT2D eigenvalue weighted by atomic mass is 79.9. The molecule has 7 aromatic rings. The van der Waals surface area contributed by atoms with E-state index in [0.717, 1.165) is 9.50 Å². The molecule has 1 heterocycles. The van der Waals surface area contributed by atoms with Crippen LogP contribution >= 0.6 is 39.3 Å². The van der Waals surface area contributed by atoms with Gasteiger partial charge in [0.1, 0.15) is 0 Å². The van der Waals surface area contributed by atoms with Gasteiger partial charge in [0.2, 0.25) is 0 Å². The lowest BCUT2D eigenvalue weighted by atomic mass is 9.64. The summed E-state index contributed by atoms with van der Waals surface area (Å²) in [6.45, 7) is 0. The van der Waals surface area contributed by atoms with Gasteiger partial charge in [0.25, 0.3) is 0 Å². The number of hydrogen-bond donors (Lipinski definition) is 0. The summed E-state index contributed by atoms with van der Waals surface area (Å²) in [6, 6.07) is 58.3. The number of rotatable bonds is 2. The Labute approximate surface area is 292 Å². The first-order valence-corrected chi connectivity index (χ1v) is 17.9. The maximum absolute atomic E-state index is 6.88. The van der Waals surface area contributed by atoms with Crippen molar-refractivity contribution >= 4 is 39.3 Å². The Morgan fingerprint density at radius 2 is 0.979 bits per heavy atom. The minimum absolute atomic E-state index is 0.479. The molecule has 3 heteroatoms. The first-order valence-electron chi connectivity index (χ1n) is 15.9. The average molecular weight is 702 g/mol. The Morgan fingerprint density at radius 3 is 1.64 bits per heavy atom. The van der Waals surface area contributed by atoms with Crippen molar-refractivity contribution in [2.24, 2.45) is 0 Å². The summed E-state index contributed by atoms with van der Waals surface area (Å²) in [5, 5.41) is 0.749. The second kappa shape index (κ2) is 10.1. The van der Waals surface area contributed by atoms with Crippen molar-refractivity contribution in [1.82, 2.24) is 0 Å². The summed E-state index contributed by atoms with van der Waals surface area (Å²) >= 11 is 12.7. The molecule has 0 unspecified atom stereocenters. The number of fused-ring (bicyclic) bond motifs is 12. The van der Waals surface area contributed by atoms with Gasteiger partial charge in [-0.05, 0) is 107 Å². The van der Waals surface area contributed by atoms with E-state index in [-0.39, 0.29) is 0 Å². The molecule has 7 aromatic carbocycles. The van der Waals surface area contributed by atoms with Gasteiger partial charge in [0, 0.05) is 19.3 Å². The lowest BCUT2D eigenvalue weighted by molar-refractivity contribution is 0.708. The predicted molar refractivity (Wildman–Crippen MR) is 198 cm³/mol. The van der Waals surface area contributed by atoms with E-state index in [1.807, 2.05) is 17.8 Å². The van der Waals surface area contributed by atoms with Gasteiger partial charge in [-0.2, -0.15) is 0 Å². The molecule has 0 N–H and O–H groups in total. The summed E-state index contributed by atoms with van der Waals surface area (Å²) in [4.78, 5) is 2.56. The van der Waals surface area contributed by atoms with Crippen molar-refractivity contribution in [3.63, 3.8) is 0 Å². The molecule has 2 aliphatic carbocycles. The highest BCUT2D eigenvalue weighted by Crippen LogP contribution is 2.66. The van der Waals surface area contributed by atoms with E-state index >= 15 is 0 Å². The highest BCUT2D eigenvalue weighted by molar-refractivity contribution is 9.10. The third-order valence-corrected chi connectivity index (χ3v) is 12.9. The zero-order valence-electron chi connectivity index (χ0n) is 25.2. The molecule has 3 aliphatic rings. The lowest BCUT2D eigenvalue weighted by Crippen LogP contribution is -2.34. The first-order chi connectivity index (χ1) is 23.1. The molecule has 0 fully saturated rings. The normalized spacial score (nSPS) is 15.3. The predicted octanol–water partition coefficient (Wildman–Crippen LogP) is 12.3. The van der Waals surface area contributed by atoms with Gasteiger partial charge in [0.15, 0.2) is 0 Å². The molecular formula is C44H26BrClS. The molecule has 0 saturated carbocycles. The van der Waals surface area contributed by atoms with E-state index in [2.05, 4.69) is 168 Å². The molecule has 0 saturated heterocycles. The Bertz CT molecular complexity index is 2330. The molecule has 0 aromatic heterocycles. The zero-order chi connectivity index (χ0) is 31.3. The number of halogens is 2. The van der Waals surface area contributed by atoms with Crippen LogP contribution in [0.5, 0.6) is 0 Å². The number of benzene rings is 7. The largest absolute Gasteiger partial charge is 0.0882 e.